The van der Waals surface area contributed by atoms with Crippen LogP contribution in [-0.2, 0) is 4.79 Å². The highest BCUT2D eigenvalue weighted by molar-refractivity contribution is 5.92. The molecule has 2 aliphatic heterocycles. The van der Waals surface area contributed by atoms with E-state index in [1.54, 1.807) is 12.3 Å². The van der Waals surface area contributed by atoms with E-state index in [1.807, 2.05) is 26.0 Å². The number of carbonyl (C=O) groups is 1. The molecule has 3 aliphatic rings. The van der Waals surface area contributed by atoms with Crippen LogP contribution in [0.4, 0.5) is 10.1 Å². The van der Waals surface area contributed by atoms with Gasteiger partial charge in [-0.25, -0.2) is 9.37 Å². The molecule has 1 aliphatic carbocycles. The predicted molar refractivity (Wildman–Crippen MR) is 116 cm³/mol. The molecule has 0 bridgehead atoms. The molecule has 164 valence electrons. The van der Waals surface area contributed by atoms with Gasteiger partial charge in [0.25, 0.3) is 0 Å². The summed E-state index contributed by atoms with van der Waals surface area (Å²) in [6.45, 7) is 8.11. The van der Waals surface area contributed by atoms with Gasteiger partial charge in [0.05, 0.1) is 17.6 Å². The van der Waals surface area contributed by atoms with E-state index in [1.165, 1.54) is 6.08 Å². The standard InChI is InChI=1S/C23H29FN6O/c1-4-26-19-11-15(24)10-18-20(19)28-21(31)23(18,3)30-9-5-8-22(2,14-30)29-17-7-6-16(12-25)27-13-17/h6-7,11,13,18,26,29H,4-5,8-10,14H2,1-3H3,(H,28,31)/t18?,22-,23?/m1/s1. The van der Waals surface area contributed by atoms with Crippen molar-refractivity contribution < 1.29 is 9.18 Å². The molecule has 3 heterocycles. The molecule has 3 N–H and O–H groups in total. The Bertz CT molecular complexity index is 981. The van der Waals surface area contributed by atoms with E-state index < -0.39 is 5.54 Å². The van der Waals surface area contributed by atoms with E-state index in [2.05, 4.69) is 32.8 Å². The Morgan fingerprint density at radius 2 is 2.23 bits per heavy atom. The monoisotopic (exact) mass is 424 g/mol. The fraction of sp³-hybridized carbons (Fsp3) is 0.522. The third kappa shape index (κ3) is 3.79. The van der Waals surface area contributed by atoms with Crippen molar-refractivity contribution in [2.24, 2.45) is 5.92 Å². The van der Waals surface area contributed by atoms with Gasteiger partial charge in [-0.15, -0.1) is 0 Å². The number of nitrogens with one attached hydrogen (secondary N) is 3. The third-order valence-corrected chi connectivity index (χ3v) is 6.77. The second-order valence-electron chi connectivity index (χ2n) is 9.06. The van der Waals surface area contributed by atoms with Gasteiger partial charge in [-0.3, -0.25) is 9.69 Å². The SMILES string of the molecule is CCNC1=C2NC(=O)C(C)(N3CCC[C@@](C)(Nc4ccc(C#N)nc4)C3)C2CC(F)=C1. The maximum atomic E-state index is 14.5. The lowest BCUT2D eigenvalue weighted by molar-refractivity contribution is -0.132. The molecule has 2 unspecified atom stereocenters. The number of anilines is 1. The molecule has 1 amide bonds. The number of carbonyl (C=O) groups excluding carboxylic acids is 1. The number of pyridine rings is 1. The van der Waals surface area contributed by atoms with Gasteiger partial charge in [0.1, 0.15) is 23.1 Å². The van der Waals surface area contributed by atoms with Crippen molar-refractivity contribution in [3.05, 3.63) is 47.3 Å². The number of halogens is 1. The average Bonchev–Trinajstić information content (AvgIpc) is 3.00. The highest BCUT2D eigenvalue weighted by Gasteiger charge is 2.56. The summed E-state index contributed by atoms with van der Waals surface area (Å²) >= 11 is 0. The topological polar surface area (TPSA) is 93.1 Å². The Kier molecular flexibility index (Phi) is 5.48. The molecule has 2 fully saturated rings. The number of amides is 1. The number of likely N-dealkylation sites (N-methyl/N-ethyl adjacent to an activating group) is 1. The van der Waals surface area contributed by atoms with E-state index in [0.717, 1.165) is 30.8 Å². The van der Waals surface area contributed by atoms with Crippen molar-refractivity contribution >= 4 is 11.6 Å². The first-order valence-electron chi connectivity index (χ1n) is 10.8. The fourth-order valence-corrected chi connectivity index (χ4v) is 5.14. The van der Waals surface area contributed by atoms with Gasteiger partial charge in [0, 0.05) is 36.7 Å². The zero-order valence-electron chi connectivity index (χ0n) is 18.3. The maximum Gasteiger partial charge on any atom is 0.245 e. The molecule has 0 aromatic carbocycles. The Morgan fingerprint density at radius 3 is 2.90 bits per heavy atom. The maximum absolute atomic E-state index is 14.5. The number of hydrogen-bond donors (Lipinski definition) is 3. The van der Waals surface area contributed by atoms with Crippen LogP contribution in [0, 0.1) is 17.2 Å². The van der Waals surface area contributed by atoms with Crippen LogP contribution in [-0.4, -0.2) is 46.5 Å². The summed E-state index contributed by atoms with van der Waals surface area (Å²) in [6.07, 6.45) is 5.24. The molecule has 1 aromatic heterocycles. The zero-order valence-corrected chi connectivity index (χ0v) is 18.3. The number of nitriles is 1. The van der Waals surface area contributed by atoms with Crippen molar-refractivity contribution in [2.75, 3.05) is 25.0 Å². The first-order chi connectivity index (χ1) is 14.8. The Labute approximate surface area is 182 Å². The minimum Gasteiger partial charge on any atom is -0.384 e. The molecule has 0 radical (unpaired) electrons. The molecule has 0 spiro atoms. The summed E-state index contributed by atoms with van der Waals surface area (Å²) in [5.74, 6) is -0.526. The van der Waals surface area contributed by atoms with Crippen molar-refractivity contribution in [2.45, 2.75) is 51.1 Å². The molecule has 7 nitrogen and oxygen atoms in total. The van der Waals surface area contributed by atoms with Crippen molar-refractivity contribution in [3.63, 3.8) is 0 Å². The second-order valence-corrected chi connectivity index (χ2v) is 9.06. The predicted octanol–water partition coefficient (Wildman–Crippen LogP) is 2.80. The largest absolute Gasteiger partial charge is 0.384 e. The van der Waals surface area contributed by atoms with Crippen molar-refractivity contribution in [3.8, 4) is 6.07 Å². The van der Waals surface area contributed by atoms with Gasteiger partial charge in [-0.05, 0) is 58.4 Å². The number of piperidine rings is 1. The third-order valence-electron chi connectivity index (χ3n) is 6.77. The quantitative estimate of drug-likeness (QED) is 0.673. The molecule has 4 rings (SSSR count). The summed E-state index contributed by atoms with van der Waals surface area (Å²) in [5.41, 5.74) is 1.58. The zero-order chi connectivity index (χ0) is 22.2. The molecule has 31 heavy (non-hydrogen) atoms. The van der Waals surface area contributed by atoms with Gasteiger partial charge in [0.15, 0.2) is 0 Å². The number of likely N-dealkylation sites (tertiary alicyclic amines) is 1. The van der Waals surface area contributed by atoms with E-state index >= 15 is 0 Å². The molecule has 3 atom stereocenters. The normalized spacial score (nSPS) is 30.9. The number of hydrogen-bond acceptors (Lipinski definition) is 6. The first-order valence-corrected chi connectivity index (χ1v) is 10.8. The molecule has 1 aromatic rings. The Morgan fingerprint density at radius 1 is 1.42 bits per heavy atom. The highest BCUT2D eigenvalue weighted by Crippen LogP contribution is 2.45. The summed E-state index contributed by atoms with van der Waals surface area (Å²) < 4.78 is 14.5. The summed E-state index contributed by atoms with van der Waals surface area (Å²) in [6, 6.07) is 5.57. The molecule has 8 heteroatoms. The number of rotatable bonds is 5. The number of nitrogens with zero attached hydrogens (tertiary/aromatic N) is 3. The second kappa shape index (κ2) is 7.97. The minimum atomic E-state index is -0.826. The van der Waals surface area contributed by atoms with Crippen molar-refractivity contribution in [1.29, 1.82) is 5.26 Å². The molecule has 0 saturated carbocycles. The molecule has 2 saturated heterocycles. The van der Waals surface area contributed by atoms with Gasteiger partial charge < -0.3 is 16.0 Å². The summed E-state index contributed by atoms with van der Waals surface area (Å²) in [5, 5.41) is 18.8. The van der Waals surface area contributed by atoms with Crippen LogP contribution < -0.4 is 16.0 Å². The minimum absolute atomic E-state index is 0.0738. The molecular weight excluding hydrogens is 395 g/mol. The van der Waals surface area contributed by atoms with E-state index in [9.17, 15) is 9.18 Å². The van der Waals surface area contributed by atoms with Gasteiger partial charge in [-0.2, -0.15) is 5.26 Å². The van der Waals surface area contributed by atoms with Crippen LogP contribution in [0.1, 0.15) is 45.7 Å². The number of aromatic nitrogens is 1. The lowest BCUT2D eigenvalue weighted by Gasteiger charge is -2.49. The van der Waals surface area contributed by atoms with Gasteiger partial charge >= 0.3 is 0 Å². The number of fused-ring (bicyclic) bond motifs is 1. The number of allylic oxidation sites excluding steroid dienone is 2. The Balaban J connectivity index is 1.59. The van der Waals surface area contributed by atoms with Crippen LogP contribution in [0.25, 0.3) is 0 Å². The Hall–Kier alpha value is -2.92. The smallest absolute Gasteiger partial charge is 0.245 e. The fourth-order valence-electron chi connectivity index (χ4n) is 5.14. The van der Waals surface area contributed by atoms with E-state index in [-0.39, 0.29) is 29.6 Å². The van der Waals surface area contributed by atoms with Crippen LogP contribution in [0.2, 0.25) is 0 Å². The average molecular weight is 425 g/mol. The van der Waals surface area contributed by atoms with Gasteiger partial charge in [0.2, 0.25) is 5.91 Å². The summed E-state index contributed by atoms with van der Waals surface area (Å²) in [4.78, 5) is 19.6. The van der Waals surface area contributed by atoms with E-state index in [0.29, 0.717) is 24.5 Å². The lowest BCUT2D eigenvalue weighted by atomic mass is 9.77. The van der Waals surface area contributed by atoms with Crippen LogP contribution in [0.3, 0.4) is 0 Å². The van der Waals surface area contributed by atoms with E-state index in [4.69, 9.17) is 5.26 Å². The molecular formula is C23H29FN6O. The van der Waals surface area contributed by atoms with Crippen molar-refractivity contribution in [1.82, 2.24) is 20.5 Å². The first kappa shape index (κ1) is 21.3. The van der Waals surface area contributed by atoms with Gasteiger partial charge in [-0.1, -0.05) is 0 Å². The van der Waals surface area contributed by atoms with Crippen LogP contribution in [0.5, 0.6) is 0 Å². The lowest BCUT2D eigenvalue weighted by Crippen LogP contribution is -2.63. The highest BCUT2D eigenvalue weighted by atomic mass is 19.1. The summed E-state index contributed by atoms with van der Waals surface area (Å²) in [7, 11) is 0. The van der Waals surface area contributed by atoms with Crippen LogP contribution >= 0.6 is 0 Å². The van der Waals surface area contributed by atoms with Crippen LogP contribution in [0.15, 0.2) is 41.6 Å².